The fourth-order valence-corrected chi connectivity index (χ4v) is 2.98. The minimum atomic E-state index is -4.58. The lowest BCUT2D eigenvalue weighted by Crippen LogP contribution is -2.54. The third-order valence-electron chi connectivity index (χ3n) is 4.25. The Labute approximate surface area is 124 Å². The molecule has 2 rings (SSSR count). The van der Waals surface area contributed by atoms with Crippen LogP contribution in [0.4, 0.5) is 27.6 Å². The molecule has 1 aliphatic rings. The number of methoxy groups -OCH3 is 2. The van der Waals surface area contributed by atoms with Crippen LogP contribution in [0.3, 0.4) is 0 Å². The van der Waals surface area contributed by atoms with E-state index in [-0.39, 0.29) is 18.7 Å². The van der Waals surface area contributed by atoms with E-state index in [4.69, 9.17) is 9.47 Å². The third kappa shape index (κ3) is 2.29. The van der Waals surface area contributed by atoms with Crippen LogP contribution in [0.15, 0.2) is 12.1 Å². The van der Waals surface area contributed by atoms with Gasteiger partial charge < -0.3 is 14.4 Å². The Morgan fingerprint density at radius 3 is 2.32 bits per heavy atom. The van der Waals surface area contributed by atoms with Gasteiger partial charge in [-0.1, -0.05) is 0 Å². The van der Waals surface area contributed by atoms with Gasteiger partial charge >= 0.3 is 6.18 Å². The Morgan fingerprint density at radius 1 is 1.23 bits per heavy atom. The van der Waals surface area contributed by atoms with Gasteiger partial charge in [-0.05, 0) is 19.1 Å². The van der Waals surface area contributed by atoms with Gasteiger partial charge in [-0.2, -0.15) is 17.6 Å². The van der Waals surface area contributed by atoms with E-state index in [2.05, 4.69) is 0 Å². The third-order valence-corrected chi connectivity index (χ3v) is 4.25. The molecule has 0 radical (unpaired) electrons. The van der Waals surface area contributed by atoms with Gasteiger partial charge in [0.05, 0.1) is 18.8 Å². The Kier molecular flexibility index (Phi) is 4.25. The summed E-state index contributed by atoms with van der Waals surface area (Å²) in [7, 11) is 2.13. The molecule has 0 saturated carbocycles. The zero-order valence-electron chi connectivity index (χ0n) is 12.3. The number of benzene rings is 1. The van der Waals surface area contributed by atoms with Crippen molar-refractivity contribution in [2.24, 2.45) is 0 Å². The summed E-state index contributed by atoms with van der Waals surface area (Å²) < 4.78 is 76.7. The lowest BCUT2D eigenvalue weighted by molar-refractivity contribution is -0.270. The van der Waals surface area contributed by atoms with Crippen LogP contribution in [-0.4, -0.2) is 38.6 Å². The van der Waals surface area contributed by atoms with Crippen LogP contribution >= 0.6 is 0 Å². The van der Waals surface area contributed by atoms with E-state index in [9.17, 15) is 22.0 Å². The number of ether oxygens (including phenoxy) is 2. The van der Waals surface area contributed by atoms with Gasteiger partial charge in [0.15, 0.2) is 17.2 Å². The average Bonchev–Trinajstić information content (AvgIpc) is 2.79. The summed E-state index contributed by atoms with van der Waals surface area (Å²) >= 11 is 0. The van der Waals surface area contributed by atoms with E-state index >= 15 is 0 Å². The van der Waals surface area contributed by atoms with Crippen molar-refractivity contribution < 1.29 is 31.4 Å². The molecule has 2 atom stereocenters. The van der Waals surface area contributed by atoms with Crippen molar-refractivity contribution in [2.45, 2.75) is 31.2 Å². The minimum Gasteiger partial charge on any atom is -0.491 e. The van der Waals surface area contributed by atoms with E-state index in [0.717, 1.165) is 20.3 Å². The van der Waals surface area contributed by atoms with Crippen molar-refractivity contribution >= 4 is 5.69 Å². The van der Waals surface area contributed by atoms with Crippen molar-refractivity contribution in [1.82, 2.24) is 0 Å². The summed E-state index contributed by atoms with van der Waals surface area (Å²) in [5.41, 5.74) is -2.29. The molecule has 22 heavy (non-hydrogen) atoms. The molecule has 0 aliphatic carbocycles. The molecule has 1 aromatic carbocycles. The summed E-state index contributed by atoms with van der Waals surface area (Å²) in [5, 5.41) is 0. The van der Waals surface area contributed by atoms with Gasteiger partial charge in [0.1, 0.15) is 0 Å². The minimum absolute atomic E-state index is 0.0179. The fraction of sp³-hybridized carbons (Fsp3) is 0.571. The lowest BCUT2D eigenvalue weighted by atomic mass is 9.94. The maximum absolute atomic E-state index is 13.8. The highest BCUT2D eigenvalue weighted by Gasteiger charge is 2.63. The van der Waals surface area contributed by atoms with Crippen molar-refractivity contribution in [3.63, 3.8) is 0 Å². The second-order valence-corrected chi connectivity index (χ2v) is 5.12. The quantitative estimate of drug-likeness (QED) is 0.794. The normalized spacial score (nSPS) is 25.6. The molecule has 1 saturated heterocycles. The van der Waals surface area contributed by atoms with Crippen molar-refractivity contribution in [3.8, 4) is 5.75 Å². The van der Waals surface area contributed by atoms with Crippen LogP contribution in [0.2, 0.25) is 0 Å². The molecule has 0 bridgehead atoms. The maximum Gasteiger partial charge on any atom is 0.419 e. The van der Waals surface area contributed by atoms with Gasteiger partial charge in [0.25, 0.3) is 0 Å². The molecule has 1 aromatic rings. The number of alkyl halides is 3. The SMILES string of the molecule is COc1c(N2CCC(OC)(C(F)(F)F)[C@H]2C)ccc(F)c1F. The number of halogens is 5. The van der Waals surface area contributed by atoms with E-state index in [1.165, 1.54) is 17.9 Å². The summed E-state index contributed by atoms with van der Waals surface area (Å²) in [6.45, 7) is 1.32. The molecule has 0 amide bonds. The summed E-state index contributed by atoms with van der Waals surface area (Å²) in [6, 6.07) is 0.951. The number of rotatable bonds is 3. The van der Waals surface area contributed by atoms with Crippen LogP contribution in [0.1, 0.15) is 13.3 Å². The zero-order chi connectivity index (χ0) is 16.7. The highest BCUT2D eigenvalue weighted by Crippen LogP contribution is 2.47. The van der Waals surface area contributed by atoms with Gasteiger partial charge in [-0.15, -0.1) is 0 Å². The molecule has 1 heterocycles. The van der Waals surface area contributed by atoms with Crippen LogP contribution in [0.5, 0.6) is 5.75 Å². The maximum atomic E-state index is 13.8. The molecule has 0 aromatic heterocycles. The van der Waals surface area contributed by atoms with Crippen molar-refractivity contribution in [3.05, 3.63) is 23.8 Å². The first-order valence-electron chi connectivity index (χ1n) is 6.60. The largest absolute Gasteiger partial charge is 0.491 e. The highest BCUT2D eigenvalue weighted by atomic mass is 19.4. The van der Waals surface area contributed by atoms with E-state index in [0.29, 0.717) is 0 Å². The van der Waals surface area contributed by atoms with E-state index < -0.39 is 35.2 Å². The topological polar surface area (TPSA) is 21.7 Å². The standard InChI is InChI=1S/C14H16F5NO2/c1-8-13(22-3,14(17,18)19)6-7-20(8)10-5-4-9(15)11(16)12(10)21-2/h4-5,8H,6-7H2,1-3H3/t8-,13?/m1/s1. The predicted molar refractivity (Wildman–Crippen MR) is 70.1 cm³/mol. The number of hydrogen-bond acceptors (Lipinski definition) is 3. The Balaban J connectivity index is 2.47. The van der Waals surface area contributed by atoms with E-state index in [1.807, 2.05) is 0 Å². The second kappa shape index (κ2) is 5.57. The zero-order valence-corrected chi connectivity index (χ0v) is 12.3. The molecule has 0 N–H and O–H groups in total. The first-order valence-corrected chi connectivity index (χ1v) is 6.60. The smallest absolute Gasteiger partial charge is 0.419 e. The lowest BCUT2D eigenvalue weighted by Gasteiger charge is -2.37. The molecule has 3 nitrogen and oxygen atoms in total. The molecule has 1 aliphatic heterocycles. The van der Waals surface area contributed by atoms with Gasteiger partial charge in [-0.3, -0.25) is 0 Å². The number of hydrogen-bond donors (Lipinski definition) is 0. The molecular formula is C14H16F5NO2. The van der Waals surface area contributed by atoms with Crippen LogP contribution in [0.25, 0.3) is 0 Å². The molecule has 1 unspecified atom stereocenters. The Morgan fingerprint density at radius 2 is 1.86 bits per heavy atom. The molecular weight excluding hydrogens is 309 g/mol. The van der Waals surface area contributed by atoms with Gasteiger partial charge in [-0.25, -0.2) is 4.39 Å². The molecule has 124 valence electrons. The predicted octanol–water partition coefficient (Wildman–Crippen LogP) is 3.52. The highest BCUT2D eigenvalue weighted by molar-refractivity contribution is 5.61. The van der Waals surface area contributed by atoms with Crippen molar-refractivity contribution in [1.29, 1.82) is 0 Å². The van der Waals surface area contributed by atoms with Crippen molar-refractivity contribution in [2.75, 3.05) is 25.7 Å². The summed E-state index contributed by atoms with van der Waals surface area (Å²) in [5.74, 6) is -2.77. The Hall–Kier alpha value is -1.57. The summed E-state index contributed by atoms with van der Waals surface area (Å²) in [4.78, 5) is 1.32. The van der Waals surface area contributed by atoms with E-state index in [1.54, 1.807) is 0 Å². The first-order chi connectivity index (χ1) is 10.2. The van der Waals surface area contributed by atoms with Crippen LogP contribution in [0, 0.1) is 11.6 Å². The first kappa shape index (κ1) is 16.8. The average molecular weight is 325 g/mol. The Bertz CT molecular complexity index is 563. The van der Waals surface area contributed by atoms with Gasteiger partial charge in [0.2, 0.25) is 5.82 Å². The summed E-state index contributed by atoms with van der Waals surface area (Å²) in [6.07, 6.45) is -4.89. The van der Waals surface area contributed by atoms with Gasteiger partial charge in [0, 0.05) is 20.1 Å². The fourth-order valence-electron chi connectivity index (χ4n) is 2.98. The molecule has 0 spiro atoms. The van der Waals surface area contributed by atoms with Crippen LogP contribution in [-0.2, 0) is 4.74 Å². The van der Waals surface area contributed by atoms with Crippen LogP contribution < -0.4 is 9.64 Å². The molecule has 1 fully saturated rings. The number of anilines is 1. The number of nitrogens with zero attached hydrogens (tertiary/aromatic N) is 1. The monoisotopic (exact) mass is 325 g/mol. The second-order valence-electron chi connectivity index (χ2n) is 5.12. The molecule has 8 heteroatoms.